The summed E-state index contributed by atoms with van der Waals surface area (Å²) in [6, 6.07) is 2.71. The molecule has 0 heterocycles. The molecule has 0 unspecified atom stereocenters. The number of fused-ring (bicyclic) bond motifs is 1. The molecule has 0 aliphatic carbocycles. The fraction of sp³-hybridized carbons (Fsp3) is 0.200. The van der Waals surface area contributed by atoms with Crippen molar-refractivity contribution in [3.8, 4) is 5.75 Å². The van der Waals surface area contributed by atoms with Crippen LogP contribution in [0.4, 0.5) is 11.4 Å². The van der Waals surface area contributed by atoms with Crippen LogP contribution in [-0.2, 0) is 20.2 Å². The average Bonchev–Trinajstić information content (AvgIpc) is 2.58. The Morgan fingerprint density at radius 3 is 2.21 bits per heavy atom. The molecule has 0 radical (unpaired) electrons. The Hall–Kier alpha value is -2.74. The first kappa shape index (κ1) is 21.6. The second-order valence-electron chi connectivity index (χ2n) is 5.48. The van der Waals surface area contributed by atoms with Crippen LogP contribution in [0.25, 0.3) is 10.8 Å². The lowest BCUT2D eigenvalue weighted by atomic mass is 10.1. The first-order valence-electron chi connectivity index (χ1n) is 7.58. The molecule has 0 saturated carbocycles. The summed E-state index contributed by atoms with van der Waals surface area (Å²) in [4.78, 5) is -1.44. The van der Waals surface area contributed by atoms with E-state index in [1.807, 2.05) is 0 Å². The van der Waals surface area contributed by atoms with Gasteiger partial charge in [-0.1, -0.05) is 13.5 Å². The highest BCUT2D eigenvalue weighted by molar-refractivity contribution is 7.86. The molecule has 13 heteroatoms. The summed E-state index contributed by atoms with van der Waals surface area (Å²) in [5, 5.41) is 24.9. The number of aromatic hydroxyl groups is 1. The molecule has 3 N–H and O–H groups in total. The lowest BCUT2D eigenvalue weighted by Gasteiger charge is -2.11. The number of benzene rings is 2. The Labute approximate surface area is 160 Å². The van der Waals surface area contributed by atoms with Gasteiger partial charge in [0.1, 0.15) is 10.6 Å². The summed E-state index contributed by atoms with van der Waals surface area (Å²) in [5.74, 6) is -0.734. The van der Waals surface area contributed by atoms with Crippen molar-refractivity contribution in [2.45, 2.75) is 23.1 Å². The second kappa shape index (κ2) is 7.71. The van der Waals surface area contributed by atoms with Gasteiger partial charge < -0.3 is 5.11 Å². The lowest BCUT2D eigenvalue weighted by molar-refractivity contribution is 0.472. The van der Waals surface area contributed by atoms with Crippen LogP contribution in [0.3, 0.4) is 0 Å². The fourth-order valence-electron chi connectivity index (χ4n) is 2.26. The molecule has 28 heavy (non-hydrogen) atoms. The van der Waals surface area contributed by atoms with Crippen molar-refractivity contribution in [3.05, 3.63) is 30.5 Å². The minimum Gasteiger partial charge on any atom is -0.505 e. The van der Waals surface area contributed by atoms with E-state index < -0.39 is 41.5 Å². The highest BCUT2D eigenvalue weighted by Crippen LogP contribution is 2.45. The second-order valence-corrected chi connectivity index (χ2v) is 8.29. The molecule has 0 spiro atoms. The van der Waals surface area contributed by atoms with E-state index in [2.05, 4.69) is 27.0 Å². The highest BCUT2D eigenvalue weighted by Gasteiger charge is 2.25. The maximum absolute atomic E-state index is 11.8. The van der Waals surface area contributed by atoms with E-state index in [4.69, 9.17) is 0 Å². The minimum absolute atomic E-state index is 0.110. The molecule has 0 aromatic heterocycles. The van der Waals surface area contributed by atoms with Crippen LogP contribution in [0.15, 0.2) is 60.7 Å². The normalized spacial score (nSPS) is 13.0. The van der Waals surface area contributed by atoms with Crippen LogP contribution >= 0.6 is 0 Å². The summed E-state index contributed by atoms with van der Waals surface area (Å²) in [7, 11) is -8.29. The number of rotatable bonds is 6. The first-order chi connectivity index (χ1) is 12.9. The number of nitrogens with zero attached hydrogens (tertiary/aromatic N) is 4. The fourth-order valence-corrected chi connectivity index (χ4v) is 3.45. The summed E-state index contributed by atoms with van der Waals surface area (Å²) in [6.07, 6.45) is 0.395. The van der Waals surface area contributed by atoms with E-state index in [0.29, 0.717) is 6.42 Å². The van der Waals surface area contributed by atoms with Gasteiger partial charge in [-0.25, -0.2) is 0 Å². The van der Waals surface area contributed by atoms with Crippen molar-refractivity contribution >= 4 is 42.4 Å². The third kappa shape index (κ3) is 4.39. The van der Waals surface area contributed by atoms with Crippen molar-refractivity contribution in [1.82, 2.24) is 0 Å². The average molecular weight is 428 g/mol. The Morgan fingerprint density at radius 1 is 1.07 bits per heavy atom. The number of azo groups is 2. The maximum atomic E-state index is 11.8. The van der Waals surface area contributed by atoms with E-state index in [0.717, 1.165) is 18.2 Å². The van der Waals surface area contributed by atoms with Crippen molar-refractivity contribution in [1.29, 1.82) is 0 Å². The van der Waals surface area contributed by atoms with Crippen molar-refractivity contribution in [3.63, 3.8) is 0 Å². The zero-order valence-corrected chi connectivity index (χ0v) is 16.4. The van der Waals surface area contributed by atoms with Crippen LogP contribution in [0.1, 0.15) is 13.3 Å². The molecular weight excluding hydrogens is 412 g/mol. The summed E-state index contributed by atoms with van der Waals surface area (Å²) < 4.78 is 65.3. The van der Waals surface area contributed by atoms with Gasteiger partial charge in [0, 0.05) is 7.05 Å². The summed E-state index contributed by atoms with van der Waals surface area (Å²) >= 11 is 0. The van der Waals surface area contributed by atoms with Gasteiger partial charge in [0.05, 0.1) is 21.7 Å². The third-order valence-corrected chi connectivity index (χ3v) is 5.28. The van der Waals surface area contributed by atoms with Crippen LogP contribution in [0.2, 0.25) is 0 Å². The van der Waals surface area contributed by atoms with Crippen molar-refractivity contribution in [2.75, 3.05) is 7.05 Å². The lowest BCUT2D eigenvalue weighted by Crippen LogP contribution is -2.01. The van der Waals surface area contributed by atoms with Crippen molar-refractivity contribution < 1.29 is 31.0 Å². The SMILES string of the molecule is C=C(CC)N=Nc1c(S(=O)(=O)O)cc2cc(S(=O)(=O)O)cc(N=NC)c2c1O. The molecule has 2 aromatic rings. The molecule has 2 aromatic carbocycles. The summed E-state index contributed by atoms with van der Waals surface area (Å²) in [5.41, 5.74) is -0.495. The molecule has 0 saturated heterocycles. The predicted octanol–water partition coefficient (Wildman–Crippen LogP) is 3.76. The van der Waals surface area contributed by atoms with Crippen LogP contribution in [0, 0.1) is 0 Å². The van der Waals surface area contributed by atoms with Gasteiger partial charge in [-0.3, -0.25) is 9.11 Å². The molecule has 11 nitrogen and oxygen atoms in total. The largest absolute Gasteiger partial charge is 0.505 e. The number of hydrogen-bond donors (Lipinski definition) is 3. The first-order valence-corrected chi connectivity index (χ1v) is 10.5. The van der Waals surface area contributed by atoms with Crippen LogP contribution in [-0.4, -0.2) is 38.1 Å². The van der Waals surface area contributed by atoms with Gasteiger partial charge in [0.15, 0.2) is 5.75 Å². The van der Waals surface area contributed by atoms with E-state index in [1.54, 1.807) is 6.92 Å². The quantitative estimate of drug-likeness (QED) is 0.463. The van der Waals surface area contributed by atoms with Crippen LogP contribution in [0.5, 0.6) is 5.75 Å². The number of phenols is 1. The predicted molar refractivity (Wildman–Crippen MR) is 99.6 cm³/mol. The molecule has 0 amide bonds. The standard InChI is InChI=1S/C15H16N4O7S2/c1-4-8(2)17-19-14-12(28(24,25)26)6-9-5-10(27(21,22)23)7-11(18-16-3)13(9)15(14)20/h5-7,20H,2,4H2,1,3H3,(H,21,22,23)(H,24,25,26). The highest BCUT2D eigenvalue weighted by atomic mass is 32.2. The van der Waals surface area contributed by atoms with Crippen molar-refractivity contribution in [2.24, 2.45) is 20.5 Å². The number of hydrogen-bond acceptors (Lipinski definition) is 9. The van der Waals surface area contributed by atoms with E-state index in [1.165, 1.54) is 7.05 Å². The Morgan fingerprint density at radius 2 is 1.71 bits per heavy atom. The monoisotopic (exact) mass is 428 g/mol. The molecule has 0 bridgehead atoms. The third-order valence-electron chi connectivity index (χ3n) is 3.59. The molecule has 0 atom stereocenters. The molecule has 0 aliphatic heterocycles. The van der Waals surface area contributed by atoms with E-state index in [9.17, 15) is 31.0 Å². The zero-order valence-electron chi connectivity index (χ0n) is 14.7. The molecule has 150 valence electrons. The maximum Gasteiger partial charge on any atom is 0.296 e. The Balaban J connectivity index is 3.05. The summed E-state index contributed by atoms with van der Waals surface area (Å²) in [6.45, 7) is 5.30. The minimum atomic E-state index is -4.88. The Kier molecular flexibility index (Phi) is 5.94. The van der Waals surface area contributed by atoms with Gasteiger partial charge >= 0.3 is 0 Å². The van der Waals surface area contributed by atoms with Gasteiger partial charge in [0.2, 0.25) is 0 Å². The van der Waals surface area contributed by atoms with Crippen LogP contribution < -0.4 is 0 Å². The molecule has 0 aliphatic rings. The smallest absolute Gasteiger partial charge is 0.296 e. The Bertz CT molecular complexity index is 1230. The number of phenolic OH excluding ortho intramolecular Hbond substituents is 1. The van der Waals surface area contributed by atoms with Gasteiger partial charge in [0.25, 0.3) is 20.2 Å². The number of allylic oxidation sites excluding steroid dienone is 1. The zero-order chi connectivity index (χ0) is 21.3. The molecule has 2 rings (SSSR count). The van der Waals surface area contributed by atoms with Gasteiger partial charge in [-0.2, -0.15) is 32.2 Å². The van der Waals surface area contributed by atoms with Gasteiger partial charge in [-0.05, 0) is 30.0 Å². The van der Waals surface area contributed by atoms with E-state index in [-0.39, 0.29) is 22.2 Å². The van der Waals surface area contributed by atoms with Gasteiger partial charge in [-0.15, -0.1) is 5.11 Å². The van der Waals surface area contributed by atoms with E-state index >= 15 is 0 Å². The molecular formula is C15H16N4O7S2. The topological polar surface area (TPSA) is 178 Å². The molecule has 0 fully saturated rings.